The maximum absolute atomic E-state index is 11.9. The molecule has 3 N–H and O–H groups in total. The number of nitrogens with two attached hydrogens (primary N) is 1. The first kappa shape index (κ1) is 13.0. The molecule has 0 radical (unpaired) electrons. The molecule has 0 bridgehead atoms. The highest BCUT2D eigenvalue weighted by molar-refractivity contribution is 5.89. The van der Waals surface area contributed by atoms with E-state index in [9.17, 15) is 9.59 Å². The number of likely N-dealkylation sites (N-methyl/N-ethyl adjacent to an activating group) is 1. The van der Waals surface area contributed by atoms with E-state index in [0.29, 0.717) is 13.1 Å². The van der Waals surface area contributed by atoms with Crippen LogP contribution in [0, 0.1) is 5.41 Å². The van der Waals surface area contributed by atoms with Crippen molar-refractivity contribution in [2.75, 3.05) is 26.7 Å². The van der Waals surface area contributed by atoms with E-state index in [1.807, 2.05) is 6.92 Å². The smallest absolute Gasteiger partial charge is 0.239 e. The minimum Gasteiger partial charge on any atom is -0.355 e. The predicted molar refractivity (Wildman–Crippen MR) is 61.7 cm³/mol. The summed E-state index contributed by atoms with van der Waals surface area (Å²) in [5.41, 5.74) is 5.21. The quantitative estimate of drug-likeness (QED) is 0.654. The van der Waals surface area contributed by atoms with Crippen LogP contribution in [0.25, 0.3) is 0 Å². The monoisotopic (exact) mass is 227 g/mol. The molecule has 16 heavy (non-hydrogen) atoms. The summed E-state index contributed by atoms with van der Waals surface area (Å²) in [5.74, 6) is -0.104. The molecule has 5 heteroatoms. The first-order chi connectivity index (χ1) is 7.55. The fourth-order valence-corrected chi connectivity index (χ4v) is 1.67. The van der Waals surface area contributed by atoms with Gasteiger partial charge in [-0.1, -0.05) is 6.92 Å². The molecule has 0 heterocycles. The Kier molecular flexibility index (Phi) is 4.29. The first-order valence-electron chi connectivity index (χ1n) is 5.78. The van der Waals surface area contributed by atoms with Gasteiger partial charge in [-0.3, -0.25) is 9.59 Å². The third-order valence-corrected chi connectivity index (χ3v) is 3.00. The fourth-order valence-electron chi connectivity index (χ4n) is 1.67. The van der Waals surface area contributed by atoms with Crippen molar-refractivity contribution in [3.8, 4) is 0 Å². The Morgan fingerprint density at radius 3 is 2.50 bits per heavy atom. The van der Waals surface area contributed by atoms with E-state index in [-0.39, 0.29) is 23.8 Å². The lowest BCUT2D eigenvalue weighted by molar-refractivity contribution is -0.138. The molecule has 1 fully saturated rings. The van der Waals surface area contributed by atoms with Gasteiger partial charge in [0.05, 0.1) is 12.0 Å². The molecule has 92 valence electrons. The van der Waals surface area contributed by atoms with E-state index in [4.69, 9.17) is 5.73 Å². The van der Waals surface area contributed by atoms with E-state index in [1.54, 1.807) is 7.05 Å². The highest BCUT2D eigenvalue weighted by Gasteiger charge is 2.49. The molecule has 0 aliphatic heterocycles. The molecule has 0 unspecified atom stereocenters. The van der Waals surface area contributed by atoms with Gasteiger partial charge in [0.1, 0.15) is 0 Å². The summed E-state index contributed by atoms with van der Waals surface area (Å²) in [6.07, 6.45) is 2.60. The van der Waals surface area contributed by atoms with Crippen LogP contribution in [0.3, 0.4) is 0 Å². The van der Waals surface area contributed by atoms with Crippen LogP contribution < -0.4 is 11.1 Å². The Labute approximate surface area is 96.4 Å². The maximum atomic E-state index is 11.9. The number of carbonyl (C=O) groups excluding carboxylic acids is 2. The summed E-state index contributed by atoms with van der Waals surface area (Å²) in [6, 6.07) is 0. The van der Waals surface area contributed by atoms with Crippen molar-refractivity contribution in [1.29, 1.82) is 0 Å². The lowest BCUT2D eigenvalue weighted by atomic mass is 10.1. The minimum absolute atomic E-state index is 0.00153. The average Bonchev–Trinajstić information content (AvgIpc) is 3.06. The van der Waals surface area contributed by atoms with Crippen molar-refractivity contribution >= 4 is 11.8 Å². The topological polar surface area (TPSA) is 75.4 Å². The van der Waals surface area contributed by atoms with Crippen LogP contribution >= 0.6 is 0 Å². The highest BCUT2D eigenvalue weighted by Crippen LogP contribution is 2.45. The van der Waals surface area contributed by atoms with Gasteiger partial charge in [-0.15, -0.1) is 0 Å². The zero-order valence-electron chi connectivity index (χ0n) is 10.1. The third-order valence-electron chi connectivity index (χ3n) is 3.00. The van der Waals surface area contributed by atoms with Crippen molar-refractivity contribution in [2.45, 2.75) is 26.2 Å². The van der Waals surface area contributed by atoms with Gasteiger partial charge in [-0.25, -0.2) is 0 Å². The molecular weight excluding hydrogens is 206 g/mol. The standard InChI is InChI=1S/C11H21N3O2/c1-3-6-13-9(15)7-14(2)10(16)11(8-12)4-5-11/h3-8,12H2,1-2H3,(H,13,15). The average molecular weight is 227 g/mol. The summed E-state index contributed by atoms with van der Waals surface area (Å²) in [7, 11) is 1.66. The molecule has 0 spiro atoms. The summed E-state index contributed by atoms with van der Waals surface area (Å²) in [5, 5.41) is 2.74. The van der Waals surface area contributed by atoms with Crippen LogP contribution in [-0.2, 0) is 9.59 Å². The van der Waals surface area contributed by atoms with Gasteiger partial charge >= 0.3 is 0 Å². The van der Waals surface area contributed by atoms with Gasteiger partial charge in [0.25, 0.3) is 0 Å². The molecule has 0 saturated heterocycles. The number of nitrogens with one attached hydrogen (secondary N) is 1. The largest absolute Gasteiger partial charge is 0.355 e. The van der Waals surface area contributed by atoms with Crippen LogP contribution in [0.4, 0.5) is 0 Å². The Balaban J connectivity index is 2.37. The van der Waals surface area contributed by atoms with E-state index >= 15 is 0 Å². The van der Waals surface area contributed by atoms with Crippen molar-refractivity contribution < 1.29 is 9.59 Å². The van der Waals surface area contributed by atoms with E-state index < -0.39 is 0 Å². The third kappa shape index (κ3) is 2.95. The Morgan fingerprint density at radius 2 is 2.06 bits per heavy atom. The van der Waals surface area contributed by atoms with Gasteiger partial charge < -0.3 is 16.0 Å². The summed E-state index contributed by atoms with van der Waals surface area (Å²) >= 11 is 0. The molecule has 0 aromatic carbocycles. The molecule has 2 amide bonds. The van der Waals surface area contributed by atoms with Crippen molar-refractivity contribution in [2.24, 2.45) is 11.1 Å². The van der Waals surface area contributed by atoms with Crippen molar-refractivity contribution in [3.63, 3.8) is 0 Å². The van der Waals surface area contributed by atoms with Gasteiger partial charge in [-0.05, 0) is 19.3 Å². The molecular formula is C11H21N3O2. The van der Waals surface area contributed by atoms with E-state index in [0.717, 1.165) is 19.3 Å². The molecule has 5 nitrogen and oxygen atoms in total. The Bertz CT molecular complexity index is 274. The Morgan fingerprint density at radius 1 is 1.44 bits per heavy atom. The van der Waals surface area contributed by atoms with Crippen LogP contribution in [0.5, 0.6) is 0 Å². The zero-order valence-corrected chi connectivity index (χ0v) is 10.1. The molecule has 0 aromatic rings. The second-order valence-corrected chi connectivity index (χ2v) is 4.50. The lowest BCUT2D eigenvalue weighted by Crippen LogP contribution is -2.43. The van der Waals surface area contributed by atoms with Gasteiger partial charge in [0, 0.05) is 20.1 Å². The normalized spacial score (nSPS) is 16.7. The van der Waals surface area contributed by atoms with Crippen LogP contribution in [0.15, 0.2) is 0 Å². The SMILES string of the molecule is CCCNC(=O)CN(C)C(=O)C1(CN)CC1. The second-order valence-electron chi connectivity index (χ2n) is 4.50. The molecule has 0 atom stereocenters. The Hall–Kier alpha value is -1.10. The number of amides is 2. The van der Waals surface area contributed by atoms with E-state index in [1.165, 1.54) is 4.90 Å². The summed E-state index contributed by atoms with van der Waals surface area (Å²) < 4.78 is 0. The zero-order chi connectivity index (χ0) is 12.2. The second kappa shape index (κ2) is 5.30. The molecule has 1 aliphatic rings. The number of rotatable bonds is 6. The summed E-state index contributed by atoms with van der Waals surface area (Å²) in [6.45, 7) is 3.15. The minimum atomic E-state index is -0.361. The van der Waals surface area contributed by atoms with Gasteiger partial charge in [-0.2, -0.15) is 0 Å². The lowest BCUT2D eigenvalue weighted by Gasteiger charge is -2.21. The highest BCUT2D eigenvalue weighted by atomic mass is 16.2. The number of carbonyl (C=O) groups is 2. The van der Waals surface area contributed by atoms with Gasteiger partial charge in [0.15, 0.2) is 0 Å². The van der Waals surface area contributed by atoms with Crippen molar-refractivity contribution in [3.05, 3.63) is 0 Å². The molecule has 1 aliphatic carbocycles. The molecule has 0 aromatic heterocycles. The van der Waals surface area contributed by atoms with E-state index in [2.05, 4.69) is 5.32 Å². The van der Waals surface area contributed by atoms with Crippen molar-refractivity contribution in [1.82, 2.24) is 10.2 Å². The van der Waals surface area contributed by atoms with Crippen LogP contribution in [-0.4, -0.2) is 43.4 Å². The van der Waals surface area contributed by atoms with Gasteiger partial charge in [0.2, 0.25) is 11.8 Å². The molecule has 1 rings (SSSR count). The number of hydrogen-bond donors (Lipinski definition) is 2. The van der Waals surface area contributed by atoms with Crippen LogP contribution in [0.1, 0.15) is 26.2 Å². The van der Waals surface area contributed by atoms with Crippen LogP contribution in [0.2, 0.25) is 0 Å². The first-order valence-corrected chi connectivity index (χ1v) is 5.78. The fraction of sp³-hybridized carbons (Fsp3) is 0.818. The predicted octanol–water partition coefficient (Wildman–Crippen LogP) is -0.290. The molecule has 1 saturated carbocycles. The number of nitrogens with zero attached hydrogens (tertiary/aromatic N) is 1. The number of hydrogen-bond acceptors (Lipinski definition) is 3. The maximum Gasteiger partial charge on any atom is 0.239 e. The summed E-state index contributed by atoms with van der Waals surface area (Å²) in [4.78, 5) is 24.8.